The zero-order valence-corrected chi connectivity index (χ0v) is 19.8. The summed E-state index contributed by atoms with van der Waals surface area (Å²) < 4.78 is 0. The van der Waals surface area contributed by atoms with Gasteiger partial charge in [-0.15, -0.1) is 11.3 Å². The summed E-state index contributed by atoms with van der Waals surface area (Å²) in [7, 11) is 0. The second kappa shape index (κ2) is 8.04. The lowest BCUT2D eigenvalue weighted by Crippen LogP contribution is -2.50. The van der Waals surface area contributed by atoms with Gasteiger partial charge in [-0.05, 0) is 45.1 Å². The maximum absolute atomic E-state index is 13.3. The normalized spacial score (nSPS) is 25.0. The molecule has 0 radical (unpaired) electrons. The molecular formula is C23H32N4O3S. The number of hydrogen-bond donors (Lipinski definition) is 2. The number of hydrogen-bond acceptors (Lipinski definition) is 5. The van der Waals surface area contributed by atoms with E-state index in [4.69, 9.17) is 0 Å². The lowest BCUT2D eigenvalue weighted by Gasteiger charge is -2.35. The van der Waals surface area contributed by atoms with Crippen molar-refractivity contribution in [3.63, 3.8) is 0 Å². The summed E-state index contributed by atoms with van der Waals surface area (Å²) in [5.74, 6) is 0.720. The summed E-state index contributed by atoms with van der Waals surface area (Å²) in [6, 6.07) is 0.167. The van der Waals surface area contributed by atoms with Gasteiger partial charge in [-0.25, -0.2) is 4.98 Å². The van der Waals surface area contributed by atoms with E-state index in [0.29, 0.717) is 24.2 Å². The highest BCUT2D eigenvalue weighted by Crippen LogP contribution is 2.52. The quantitative estimate of drug-likeness (QED) is 0.716. The molecule has 2 amide bonds. The van der Waals surface area contributed by atoms with Crippen molar-refractivity contribution >= 4 is 33.4 Å². The zero-order valence-electron chi connectivity index (χ0n) is 19.0. The molecule has 0 spiro atoms. The van der Waals surface area contributed by atoms with E-state index in [1.165, 1.54) is 11.3 Å². The summed E-state index contributed by atoms with van der Waals surface area (Å²) in [6.45, 7) is 10.2. The molecule has 2 N–H and O–H groups in total. The molecule has 0 unspecified atom stereocenters. The van der Waals surface area contributed by atoms with Gasteiger partial charge in [-0.2, -0.15) is 0 Å². The van der Waals surface area contributed by atoms with Crippen molar-refractivity contribution in [2.75, 3.05) is 6.54 Å². The molecule has 31 heavy (non-hydrogen) atoms. The van der Waals surface area contributed by atoms with Crippen LogP contribution in [0.5, 0.6) is 0 Å². The minimum absolute atomic E-state index is 0.0104. The van der Waals surface area contributed by atoms with Crippen LogP contribution in [0.3, 0.4) is 0 Å². The van der Waals surface area contributed by atoms with Crippen LogP contribution in [0, 0.1) is 25.2 Å². The fourth-order valence-electron chi connectivity index (χ4n) is 5.49. The molecular weight excluding hydrogens is 412 g/mol. The number of nitrogens with zero attached hydrogens (tertiary/aromatic N) is 2. The van der Waals surface area contributed by atoms with Crippen molar-refractivity contribution in [2.24, 2.45) is 11.3 Å². The van der Waals surface area contributed by atoms with Gasteiger partial charge in [0, 0.05) is 35.8 Å². The monoisotopic (exact) mass is 444 g/mol. The summed E-state index contributed by atoms with van der Waals surface area (Å²) in [6.07, 6.45) is 3.81. The van der Waals surface area contributed by atoms with Gasteiger partial charge in [0.1, 0.15) is 10.7 Å². The van der Waals surface area contributed by atoms with E-state index in [-0.39, 0.29) is 35.4 Å². The van der Waals surface area contributed by atoms with Gasteiger partial charge in [0.2, 0.25) is 11.8 Å². The predicted octanol–water partition coefficient (Wildman–Crippen LogP) is 3.08. The number of carbonyl (C=O) groups excluding carboxylic acids is 2. The van der Waals surface area contributed by atoms with Crippen LogP contribution in [-0.2, 0) is 16.0 Å². The van der Waals surface area contributed by atoms with E-state index in [2.05, 4.69) is 15.3 Å². The van der Waals surface area contributed by atoms with Crippen LogP contribution in [0.2, 0.25) is 0 Å². The van der Waals surface area contributed by atoms with Crippen LogP contribution in [-0.4, -0.2) is 45.3 Å². The molecule has 2 fully saturated rings. The minimum Gasteiger partial charge on any atom is -0.355 e. The molecule has 2 aliphatic heterocycles. The van der Waals surface area contributed by atoms with Crippen molar-refractivity contribution in [3.05, 3.63) is 26.6 Å². The lowest BCUT2D eigenvalue weighted by atomic mass is 9.71. The van der Waals surface area contributed by atoms with Crippen molar-refractivity contribution in [2.45, 2.75) is 78.8 Å². The summed E-state index contributed by atoms with van der Waals surface area (Å²) in [5.41, 5.74) is 0.352. The Balaban J connectivity index is 1.46. The van der Waals surface area contributed by atoms with Gasteiger partial charge in [-0.3, -0.25) is 14.4 Å². The maximum atomic E-state index is 13.3. The van der Waals surface area contributed by atoms with Gasteiger partial charge in [0.05, 0.1) is 10.8 Å². The first kappa shape index (κ1) is 22.0. The van der Waals surface area contributed by atoms with E-state index >= 15 is 0 Å². The summed E-state index contributed by atoms with van der Waals surface area (Å²) in [5, 5.41) is 3.75. The Hall–Kier alpha value is -2.22. The molecule has 2 aliphatic rings. The third-order valence-corrected chi connectivity index (χ3v) is 8.41. The SMILES string of the molecule is CC[C@]1(C(=O)NCCc2nc3sc(C)c(C)c3c(=O)[nH]2)C[C@H]2CC[C@@H]1N2C(=O)C(C)C. The number of aryl methyl sites for hydroxylation is 2. The molecule has 3 atom stereocenters. The van der Waals surface area contributed by atoms with E-state index in [1.807, 2.05) is 39.5 Å². The Bertz CT molecular complexity index is 1090. The van der Waals surface area contributed by atoms with Crippen LogP contribution in [0.15, 0.2) is 4.79 Å². The first-order valence-corrected chi connectivity index (χ1v) is 12.1. The maximum Gasteiger partial charge on any atom is 0.259 e. The van der Waals surface area contributed by atoms with Crippen molar-refractivity contribution in [3.8, 4) is 0 Å². The van der Waals surface area contributed by atoms with Crippen LogP contribution in [0.1, 0.15) is 62.7 Å². The van der Waals surface area contributed by atoms with Crippen molar-refractivity contribution in [1.29, 1.82) is 0 Å². The summed E-state index contributed by atoms with van der Waals surface area (Å²) >= 11 is 1.53. The fourth-order valence-corrected chi connectivity index (χ4v) is 6.54. The van der Waals surface area contributed by atoms with E-state index < -0.39 is 5.41 Å². The Labute approximate surface area is 186 Å². The second-order valence-electron chi connectivity index (χ2n) is 9.34. The molecule has 0 saturated carbocycles. The standard InChI is InChI=1S/C23H32N4O3S/c1-6-23(11-15-7-8-16(23)27(15)21(29)12(2)3)22(30)24-10-9-17-25-19(28)18-13(4)14(5)31-20(18)26-17/h12,15-16H,6-11H2,1-5H3,(H,24,30)(H,25,26,28)/t15-,16+,23+/m1/s1. The van der Waals surface area contributed by atoms with Crippen LogP contribution >= 0.6 is 11.3 Å². The van der Waals surface area contributed by atoms with Crippen LogP contribution < -0.4 is 10.9 Å². The third kappa shape index (κ3) is 3.49. The van der Waals surface area contributed by atoms with Gasteiger partial charge in [0.25, 0.3) is 5.56 Å². The first-order valence-electron chi connectivity index (χ1n) is 11.3. The van der Waals surface area contributed by atoms with E-state index in [9.17, 15) is 14.4 Å². The van der Waals surface area contributed by atoms with Gasteiger partial charge < -0.3 is 15.2 Å². The number of rotatable bonds is 6. The Morgan fingerprint density at radius 3 is 2.74 bits per heavy atom. The first-order chi connectivity index (χ1) is 14.7. The molecule has 0 aliphatic carbocycles. The predicted molar refractivity (Wildman–Crippen MR) is 122 cm³/mol. The smallest absolute Gasteiger partial charge is 0.259 e. The molecule has 0 aromatic carbocycles. The molecule has 2 saturated heterocycles. The summed E-state index contributed by atoms with van der Waals surface area (Å²) in [4.78, 5) is 49.8. The number of H-pyrrole nitrogens is 1. The number of nitrogens with one attached hydrogen (secondary N) is 2. The molecule has 8 heteroatoms. The average Bonchev–Trinajstić information content (AvgIpc) is 3.37. The topological polar surface area (TPSA) is 95.2 Å². The number of aromatic nitrogens is 2. The molecule has 2 bridgehead atoms. The van der Waals surface area contributed by atoms with Crippen molar-refractivity contribution in [1.82, 2.24) is 20.2 Å². The Kier molecular flexibility index (Phi) is 5.70. The third-order valence-electron chi connectivity index (χ3n) is 7.31. The number of thiophene rings is 1. The molecule has 4 rings (SSSR count). The van der Waals surface area contributed by atoms with Crippen LogP contribution in [0.4, 0.5) is 0 Å². The molecule has 4 heterocycles. The second-order valence-corrected chi connectivity index (χ2v) is 10.5. The number of aromatic amines is 1. The van der Waals surface area contributed by atoms with E-state index in [0.717, 1.165) is 41.0 Å². The fraction of sp³-hybridized carbons (Fsp3) is 0.652. The van der Waals surface area contributed by atoms with E-state index in [1.54, 1.807) is 0 Å². The minimum atomic E-state index is -0.514. The number of amides is 2. The van der Waals surface area contributed by atoms with Crippen LogP contribution in [0.25, 0.3) is 10.2 Å². The van der Waals surface area contributed by atoms with Gasteiger partial charge in [-0.1, -0.05) is 20.8 Å². The number of carbonyl (C=O) groups is 2. The molecule has 7 nitrogen and oxygen atoms in total. The highest BCUT2D eigenvalue weighted by molar-refractivity contribution is 7.18. The van der Waals surface area contributed by atoms with Crippen molar-refractivity contribution < 1.29 is 9.59 Å². The average molecular weight is 445 g/mol. The highest BCUT2D eigenvalue weighted by Gasteiger charge is 2.60. The zero-order chi connectivity index (χ0) is 22.5. The molecule has 168 valence electrons. The molecule has 2 aromatic heterocycles. The Morgan fingerprint density at radius 2 is 2.06 bits per heavy atom. The molecule has 2 aromatic rings. The number of fused-ring (bicyclic) bond motifs is 3. The Morgan fingerprint density at radius 1 is 1.32 bits per heavy atom. The highest BCUT2D eigenvalue weighted by atomic mass is 32.1. The van der Waals surface area contributed by atoms with Gasteiger partial charge in [0.15, 0.2) is 0 Å². The largest absolute Gasteiger partial charge is 0.355 e. The lowest BCUT2D eigenvalue weighted by molar-refractivity contribution is -0.138. The van der Waals surface area contributed by atoms with Gasteiger partial charge >= 0.3 is 0 Å².